The van der Waals surface area contributed by atoms with E-state index in [1.165, 1.54) is 14.2 Å². The molecule has 2 N–H and O–H groups in total. The molecule has 0 saturated heterocycles. The maximum atomic E-state index is 11.9. The van der Waals surface area contributed by atoms with E-state index in [1.807, 2.05) is 6.07 Å². The van der Waals surface area contributed by atoms with Gasteiger partial charge in [0.25, 0.3) is 5.91 Å². The number of carbonyl (C=O) groups excluding carboxylic acids is 1. The molecule has 0 heterocycles. The standard InChI is InChI=1S/C16H17NO5/c1-20-13-9-8-12(10-14(13)21-2)22-15(16(18)17-19)11-6-4-3-5-7-11/h3-10,15,19H,1-2H3,(H,17,18). The van der Waals surface area contributed by atoms with Gasteiger partial charge in [0.05, 0.1) is 14.2 Å². The first kappa shape index (κ1) is 15.7. The zero-order chi connectivity index (χ0) is 15.9. The normalized spacial score (nSPS) is 11.4. The molecule has 0 fully saturated rings. The highest BCUT2D eigenvalue weighted by Gasteiger charge is 2.22. The maximum absolute atomic E-state index is 11.9. The van der Waals surface area contributed by atoms with Gasteiger partial charge < -0.3 is 14.2 Å². The zero-order valence-electron chi connectivity index (χ0n) is 12.3. The predicted octanol–water partition coefficient (Wildman–Crippen LogP) is 2.33. The molecule has 0 aliphatic heterocycles. The van der Waals surface area contributed by atoms with E-state index in [1.54, 1.807) is 47.9 Å². The van der Waals surface area contributed by atoms with Crippen molar-refractivity contribution in [3.05, 3.63) is 54.1 Å². The predicted molar refractivity (Wildman–Crippen MR) is 79.3 cm³/mol. The summed E-state index contributed by atoms with van der Waals surface area (Å²) in [5.74, 6) is 0.782. The van der Waals surface area contributed by atoms with Crippen molar-refractivity contribution in [3.63, 3.8) is 0 Å². The van der Waals surface area contributed by atoms with E-state index < -0.39 is 12.0 Å². The quantitative estimate of drug-likeness (QED) is 0.632. The van der Waals surface area contributed by atoms with Gasteiger partial charge >= 0.3 is 0 Å². The van der Waals surface area contributed by atoms with Crippen LogP contribution in [0.4, 0.5) is 0 Å². The average Bonchev–Trinajstić information content (AvgIpc) is 2.59. The lowest BCUT2D eigenvalue weighted by molar-refractivity contribution is -0.136. The van der Waals surface area contributed by atoms with Crippen LogP contribution in [0, 0.1) is 0 Å². The molecule has 116 valence electrons. The minimum absolute atomic E-state index is 0.412. The van der Waals surface area contributed by atoms with E-state index in [0.29, 0.717) is 22.8 Å². The van der Waals surface area contributed by atoms with Gasteiger partial charge in [-0.25, -0.2) is 5.48 Å². The van der Waals surface area contributed by atoms with E-state index in [9.17, 15) is 4.79 Å². The number of rotatable bonds is 6. The molecule has 2 rings (SSSR count). The summed E-state index contributed by atoms with van der Waals surface area (Å²) in [6.07, 6.45) is -0.982. The second-order valence-corrected chi connectivity index (χ2v) is 4.40. The monoisotopic (exact) mass is 303 g/mol. The molecular weight excluding hydrogens is 286 g/mol. The van der Waals surface area contributed by atoms with Crippen LogP contribution in [-0.2, 0) is 4.79 Å². The Morgan fingerprint density at radius 3 is 2.32 bits per heavy atom. The lowest BCUT2D eigenvalue weighted by atomic mass is 10.1. The molecule has 0 aliphatic rings. The number of carbonyl (C=O) groups is 1. The van der Waals surface area contributed by atoms with Gasteiger partial charge in [0.2, 0.25) is 6.10 Å². The number of ether oxygens (including phenoxy) is 3. The van der Waals surface area contributed by atoms with Crippen molar-refractivity contribution in [1.82, 2.24) is 5.48 Å². The van der Waals surface area contributed by atoms with Crippen molar-refractivity contribution in [3.8, 4) is 17.2 Å². The zero-order valence-corrected chi connectivity index (χ0v) is 12.3. The molecule has 0 aliphatic carbocycles. The van der Waals surface area contributed by atoms with E-state index in [2.05, 4.69) is 0 Å². The van der Waals surface area contributed by atoms with Crippen molar-refractivity contribution >= 4 is 5.91 Å². The van der Waals surface area contributed by atoms with E-state index in [0.717, 1.165) is 0 Å². The number of hydrogen-bond donors (Lipinski definition) is 2. The molecule has 0 bridgehead atoms. The summed E-state index contributed by atoms with van der Waals surface area (Å²) in [5.41, 5.74) is 2.23. The van der Waals surface area contributed by atoms with Gasteiger partial charge in [0.15, 0.2) is 11.5 Å². The van der Waals surface area contributed by atoms with Crippen LogP contribution in [0.5, 0.6) is 17.2 Å². The molecule has 0 spiro atoms. The van der Waals surface area contributed by atoms with Gasteiger partial charge in [-0.1, -0.05) is 30.3 Å². The third-order valence-corrected chi connectivity index (χ3v) is 3.06. The van der Waals surface area contributed by atoms with Crippen molar-refractivity contribution in [2.45, 2.75) is 6.10 Å². The molecule has 1 amide bonds. The maximum Gasteiger partial charge on any atom is 0.289 e. The Hall–Kier alpha value is -2.73. The molecule has 0 radical (unpaired) electrons. The van der Waals surface area contributed by atoms with Crippen LogP contribution >= 0.6 is 0 Å². The van der Waals surface area contributed by atoms with E-state index >= 15 is 0 Å². The topological polar surface area (TPSA) is 77.0 Å². The SMILES string of the molecule is COc1ccc(OC(C(=O)NO)c2ccccc2)cc1OC. The van der Waals surface area contributed by atoms with Crippen molar-refractivity contribution in [2.75, 3.05) is 14.2 Å². The van der Waals surface area contributed by atoms with Crippen LogP contribution in [-0.4, -0.2) is 25.3 Å². The Balaban J connectivity index is 2.30. The molecule has 0 saturated carbocycles. The number of nitrogens with one attached hydrogen (secondary N) is 1. The highest BCUT2D eigenvalue weighted by Crippen LogP contribution is 2.33. The molecule has 2 aromatic rings. The third kappa shape index (κ3) is 3.48. The van der Waals surface area contributed by atoms with Gasteiger partial charge in [-0.15, -0.1) is 0 Å². The van der Waals surface area contributed by atoms with Gasteiger partial charge in [-0.05, 0) is 12.1 Å². The Kier molecular flexibility index (Phi) is 5.21. The first-order valence-electron chi connectivity index (χ1n) is 6.57. The summed E-state index contributed by atoms with van der Waals surface area (Å²) in [6.45, 7) is 0. The van der Waals surface area contributed by atoms with Gasteiger partial charge in [0, 0.05) is 11.6 Å². The van der Waals surface area contributed by atoms with Crippen LogP contribution in [0.15, 0.2) is 48.5 Å². The van der Waals surface area contributed by atoms with Crippen LogP contribution < -0.4 is 19.7 Å². The molecule has 22 heavy (non-hydrogen) atoms. The van der Waals surface area contributed by atoms with Gasteiger partial charge in [-0.2, -0.15) is 0 Å². The summed E-state index contributed by atoms with van der Waals surface area (Å²) < 4.78 is 16.0. The Labute approximate surface area is 128 Å². The smallest absolute Gasteiger partial charge is 0.289 e. The highest BCUT2D eigenvalue weighted by atomic mass is 16.5. The Morgan fingerprint density at radius 2 is 1.73 bits per heavy atom. The molecule has 1 unspecified atom stereocenters. The summed E-state index contributed by atoms with van der Waals surface area (Å²) >= 11 is 0. The number of benzene rings is 2. The highest BCUT2D eigenvalue weighted by molar-refractivity contribution is 5.81. The van der Waals surface area contributed by atoms with Crippen LogP contribution in [0.2, 0.25) is 0 Å². The summed E-state index contributed by atoms with van der Waals surface area (Å²) in [6, 6.07) is 13.8. The molecule has 1 atom stereocenters. The second-order valence-electron chi connectivity index (χ2n) is 4.40. The summed E-state index contributed by atoms with van der Waals surface area (Å²) in [5, 5.41) is 8.90. The Morgan fingerprint density at radius 1 is 1.05 bits per heavy atom. The first-order chi connectivity index (χ1) is 10.7. The lowest BCUT2D eigenvalue weighted by Crippen LogP contribution is -2.29. The second kappa shape index (κ2) is 7.33. The van der Waals surface area contributed by atoms with Crippen molar-refractivity contribution in [1.29, 1.82) is 0 Å². The molecule has 2 aromatic carbocycles. The van der Waals surface area contributed by atoms with Gasteiger partial charge in [0.1, 0.15) is 5.75 Å². The number of methoxy groups -OCH3 is 2. The van der Waals surface area contributed by atoms with Crippen molar-refractivity contribution < 1.29 is 24.2 Å². The minimum Gasteiger partial charge on any atom is -0.493 e. The number of amides is 1. The number of hydrogen-bond acceptors (Lipinski definition) is 5. The van der Waals surface area contributed by atoms with Gasteiger partial charge in [-0.3, -0.25) is 10.0 Å². The average molecular weight is 303 g/mol. The molecule has 0 aromatic heterocycles. The van der Waals surface area contributed by atoms with Crippen molar-refractivity contribution in [2.24, 2.45) is 0 Å². The third-order valence-electron chi connectivity index (χ3n) is 3.06. The lowest BCUT2D eigenvalue weighted by Gasteiger charge is -2.18. The van der Waals surface area contributed by atoms with Crippen LogP contribution in [0.1, 0.15) is 11.7 Å². The minimum atomic E-state index is -0.982. The molecule has 6 heteroatoms. The first-order valence-corrected chi connectivity index (χ1v) is 6.57. The fraction of sp³-hybridized carbons (Fsp3) is 0.188. The fourth-order valence-electron chi connectivity index (χ4n) is 1.99. The summed E-state index contributed by atoms with van der Waals surface area (Å²) in [4.78, 5) is 11.9. The van der Waals surface area contributed by atoms with Crippen LogP contribution in [0.25, 0.3) is 0 Å². The largest absolute Gasteiger partial charge is 0.493 e. The number of hydroxylamine groups is 1. The molecule has 6 nitrogen and oxygen atoms in total. The Bertz CT molecular complexity index is 630. The van der Waals surface area contributed by atoms with Crippen LogP contribution in [0.3, 0.4) is 0 Å². The van der Waals surface area contributed by atoms with E-state index in [4.69, 9.17) is 19.4 Å². The fourth-order valence-corrected chi connectivity index (χ4v) is 1.99. The summed E-state index contributed by atoms with van der Waals surface area (Å²) in [7, 11) is 3.04. The molecular formula is C16H17NO5. The van der Waals surface area contributed by atoms with E-state index in [-0.39, 0.29) is 0 Å².